The molecule has 0 saturated heterocycles. The molecule has 0 spiro atoms. The molecule has 1 fully saturated rings. The van der Waals surface area contributed by atoms with E-state index in [0.29, 0.717) is 36.0 Å². The van der Waals surface area contributed by atoms with Gasteiger partial charge in [-0.15, -0.1) is 0 Å². The van der Waals surface area contributed by atoms with Gasteiger partial charge in [-0.25, -0.2) is 0 Å². The Kier molecular flexibility index (Phi) is 7.16. The highest BCUT2D eigenvalue weighted by Gasteiger charge is 2.44. The molecule has 156 valence electrons. The number of hydrogen-bond donors (Lipinski definition) is 0. The molecular weight excluding hydrogens is 356 g/mol. The van der Waals surface area contributed by atoms with Crippen LogP contribution in [0, 0.1) is 29.6 Å². The summed E-state index contributed by atoms with van der Waals surface area (Å²) in [6.07, 6.45) is 10.0. The van der Waals surface area contributed by atoms with Crippen molar-refractivity contribution in [2.24, 2.45) is 29.6 Å². The Morgan fingerprint density at radius 1 is 1.14 bits per heavy atom. The first-order chi connectivity index (χ1) is 13.9. The van der Waals surface area contributed by atoms with Crippen LogP contribution in [0.2, 0.25) is 0 Å². The standard InChI is InChI=1S/C27H36O2/c1-18(2)10-9-11-19(3)23-15-14-20(4)25-24(23)16-21(5)26(28)27(25)29-17-22-12-7-6-8-13-22/h6-13,19-21,23-24H,14-17H2,1-5H3/t19-,20+,21?,23?,24?/m1/s1. The van der Waals surface area contributed by atoms with Crippen molar-refractivity contribution < 1.29 is 9.53 Å². The van der Waals surface area contributed by atoms with Gasteiger partial charge < -0.3 is 4.74 Å². The molecule has 1 aromatic rings. The first-order valence-corrected chi connectivity index (χ1v) is 11.1. The Hall–Kier alpha value is -2.09. The maximum Gasteiger partial charge on any atom is 0.200 e. The minimum atomic E-state index is 0.0382. The van der Waals surface area contributed by atoms with E-state index in [4.69, 9.17) is 4.74 Å². The van der Waals surface area contributed by atoms with Crippen LogP contribution in [0.3, 0.4) is 0 Å². The van der Waals surface area contributed by atoms with Crippen LogP contribution in [-0.2, 0) is 16.1 Å². The van der Waals surface area contributed by atoms with Crippen molar-refractivity contribution in [2.75, 3.05) is 0 Å². The minimum absolute atomic E-state index is 0.0382. The van der Waals surface area contributed by atoms with Crippen molar-refractivity contribution in [1.82, 2.24) is 0 Å². The highest BCUT2D eigenvalue weighted by molar-refractivity contribution is 5.97. The molecule has 5 atom stereocenters. The van der Waals surface area contributed by atoms with Crippen molar-refractivity contribution in [3.63, 3.8) is 0 Å². The summed E-state index contributed by atoms with van der Waals surface area (Å²) in [6.45, 7) is 11.4. The Bertz CT molecular complexity index is 795. The summed E-state index contributed by atoms with van der Waals surface area (Å²) < 4.78 is 6.23. The molecule has 2 heteroatoms. The van der Waals surface area contributed by atoms with E-state index in [1.165, 1.54) is 17.6 Å². The molecule has 0 radical (unpaired) electrons. The predicted molar refractivity (Wildman–Crippen MR) is 120 cm³/mol. The minimum Gasteiger partial charge on any atom is -0.485 e. The second-order valence-corrected chi connectivity index (χ2v) is 9.30. The number of carbonyl (C=O) groups is 1. The third-order valence-electron chi connectivity index (χ3n) is 6.67. The Balaban J connectivity index is 1.87. The third-order valence-corrected chi connectivity index (χ3v) is 6.67. The van der Waals surface area contributed by atoms with E-state index >= 15 is 0 Å². The zero-order chi connectivity index (χ0) is 21.0. The van der Waals surface area contributed by atoms with Gasteiger partial charge in [0.25, 0.3) is 0 Å². The number of ether oxygens (including phenoxy) is 1. The zero-order valence-corrected chi connectivity index (χ0v) is 18.7. The van der Waals surface area contributed by atoms with Gasteiger partial charge in [-0.3, -0.25) is 4.79 Å². The summed E-state index contributed by atoms with van der Waals surface area (Å²) in [4.78, 5) is 13.1. The van der Waals surface area contributed by atoms with Crippen LogP contribution in [0.15, 0.2) is 65.5 Å². The number of carbonyl (C=O) groups excluding carboxylic acids is 1. The molecule has 0 heterocycles. The fourth-order valence-corrected chi connectivity index (χ4v) is 5.02. The Morgan fingerprint density at radius 2 is 1.86 bits per heavy atom. The summed E-state index contributed by atoms with van der Waals surface area (Å²) >= 11 is 0. The van der Waals surface area contributed by atoms with E-state index in [-0.39, 0.29) is 11.7 Å². The molecule has 0 aromatic heterocycles. The van der Waals surface area contributed by atoms with Crippen LogP contribution in [-0.4, -0.2) is 5.78 Å². The lowest BCUT2D eigenvalue weighted by molar-refractivity contribution is -0.124. The molecule has 0 bridgehead atoms. The maximum absolute atomic E-state index is 13.1. The maximum atomic E-state index is 13.1. The molecule has 29 heavy (non-hydrogen) atoms. The summed E-state index contributed by atoms with van der Waals surface area (Å²) in [6, 6.07) is 10.2. The lowest BCUT2D eigenvalue weighted by Gasteiger charge is -2.44. The van der Waals surface area contributed by atoms with E-state index in [1.807, 2.05) is 18.2 Å². The number of fused-ring (bicyclic) bond motifs is 1. The fraction of sp³-hybridized carbons (Fsp3) is 0.519. The molecule has 1 aromatic carbocycles. The second-order valence-electron chi connectivity index (χ2n) is 9.30. The predicted octanol–water partition coefficient (Wildman–Crippen LogP) is 6.89. The van der Waals surface area contributed by atoms with Crippen LogP contribution in [0.5, 0.6) is 0 Å². The molecule has 0 amide bonds. The quantitative estimate of drug-likeness (QED) is 0.493. The smallest absolute Gasteiger partial charge is 0.200 e. The lowest BCUT2D eigenvalue weighted by Crippen LogP contribution is -2.39. The number of hydrogen-bond acceptors (Lipinski definition) is 2. The van der Waals surface area contributed by atoms with Crippen LogP contribution >= 0.6 is 0 Å². The molecule has 2 aliphatic carbocycles. The highest BCUT2D eigenvalue weighted by Crippen LogP contribution is 2.49. The summed E-state index contributed by atoms with van der Waals surface area (Å²) in [5.41, 5.74) is 3.73. The van der Waals surface area contributed by atoms with Crippen molar-refractivity contribution >= 4 is 5.78 Å². The molecule has 0 N–H and O–H groups in total. The van der Waals surface area contributed by atoms with Gasteiger partial charge in [-0.1, -0.05) is 74.9 Å². The summed E-state index contributed by atoms with van der Waals surface area (Å²) in [5, 5.41) is 0. The van der Waals surface area contributed by atoms with E-state index in [9.17, 15) is 4.79 Å². The van der Waals surface area contributed by atoms with E-state index in [2.05, 4.69) is 65.0 Å². The average molecular weight is 393 g/mol. The normalized spacial score (nSPS) is 28.2. The van der Waals surface area contributed by atoms with Crippen LogP contribution in [0.4, 0.5) is 0 Å². The number of benzene rings is 1. The fourth-order valence-electron chi connectivity index (χ4n) is 5.02. The molecule has 1 saturated carbocycles. The van der Waals surface area contributed by atoms with Crippen molar-refractivity contribution in [1.29, 1.82) is 0 Å². The number of allylic oxidation sites excluding steroid dienone is 6. The SMILES string of the molecule is CC(C)=CC=C[C@@H](C)C1CC[C@H](C)C2=C(OCc3ccccc3)C(=O)C(C)CC21. The molecule has 2 aliphatic rings. The first kappa shape index (κ1) is 21.6. The Morgan fingerprint density at radius 3 is 2.55 bits per heavy atom. The average Bonchev–Trinajstić information content (AvgIpc) is 2.69. The van der Waals surface area contributed by atoms with Gasteiger partial charge in [0, 0.05) is 5.92 Å². The van der Waals surface area contributed by atoms with Gasteiger partial charge in [-0.2, -0.15) is 0 Å². The van der Waals surface area contributed by atoms with E-state index in [0.717, 1.165) is 18.4 Å². The van der Waals surface area contributed by atoms with Gasteiger partial charge in [0.05, 0.1) is 0 Å². The van der Waals surface area contributed by atoms with E-state index in [1.54, 1.807) is 0 Å². The van der Waals surface area contributed by atoms with Crippen molar-refractivity contribution in [3.8, 4) is 0 Å². The van der Waals surface area contributed by atoms with Gasteiger partial charge in [0.2, 0.25) is 0 Å². The molecule has 0 aliphatic heterocycles. The lowest BCUT2D eigenvalue weighted by atomic mass is 9.61. The van der Waals surface area contributed by atoms with Crippen LogP contribution < -0.4 is 0 Å². The highest BCUT2D eigenvalue weighted by atomic mass is 16.5. The van der Waals surface area contributed by atoms with Crippen LogP contribution in [0.25, 0.3) is 0 Å². The zero-order valence-electron chi connectivity index (χ0n) is 18.7. The number of ketones is 1. The van der Waals surface area contributed by atoms with Crippen molar-refractivity contribution in [3.05, 3.63) is 71.0 Å². The molecule has 2 nitrogen and oxygen atoms in total. The second kappa shape index (κ2) is 9.61. The largest absolute Gasteiger partial charge is 0.485 e. The summed E-state index contributed by atoms with van der Waals surface area (Å²) in [7, 11) is 0. The Labute approximate surface area is 176 Å². The molecular formula is C27H36O2. The monoisotopic (exact) mass is 392 g/mol. The van der Waals surface area contributed by atoms with Gasteiger partial charge >= 0.3 is 0 Å². The number of rotatable bonds is 6. The van der Waals surface area contributed by atoms with Crippen molar-refractivity contribution in [2.45, 2.75) is 60.5 Å². The van der Waals surface area contributed by atoms with Gasteiger partial charge in [-0.05, 0) is 67.9 Å². The topological polar surface area (TPSA) is 26.3 Å². The van der Waals surface area contributed by atoms with Gasteiger partial charge in [0.1, 0.15) is 6.61 Å². The van der Waals surface area contributed by atoms with Crippen LogP contribution in [0.1, 0.15) is 59.4 Å². The summed E-state index contributed by atoms with van der Waals surface area (Å²) in [5.74, 6) is 2.86. The third kappa shape index (κ3) is 5.10. The van der Waals surface area contributed by atoms with Gasteiger partial charge in [0.15, 0.2) is 11.5 Å². The first-order valence-electron chi connectivity index (χ1n) is 11.1. The molecule has 3 rings (SSSR count). The van der Waals surface area contributed by atoms with E-state index < -0.39 is 0 Å². The number of Topliss-reactive ketones (excluding diaryl/α,β-unsaturated/α-hetero) is 1. The molecule has 3 unspecified atom stereocenters.